The normalized spacial score (nSPS) is 16.1. The van der Waals surface area contributed by atoms with E-state index in [4.69, 9.17) is 29.8 Å². The van der Waals surface area contributed by atoms with Crippen molar-refractivity contribution in [1.29, 1.82) is 0 Å². The van der Waals surface area contributed by atoms with Crippen LogP contribution < -0.4 is 21.7 Å². The van der Waals surface area contributed by atoms with E-state index in [2.05, 4.69) is 16.0 Å². The molecule has 2 atom stereocenters. The van der Waals surface area contributed by atoms with Crippen LogP contribution in [0.2, 0.25) is 0 Å². The fourth-order valence-corrected chi connectivity index (χ4v) is 5.14. The van der Waals surface area contributed by atoms with Crippen molar-refractivity contribution in [3.8, 4) is 0 Å². The number of amides is 5. The molecule has 2 unspecified atom stereocenters. The molecule has 4 rings (SSSR count). The topological polar surface area (TPSA) is 228 Å². The minimum absolute atomic E-state index is 0.134. The molecule has 316 valence electrons. The molecule has 0 saturated carbocycles. The first kappa shape index (κ1) is 47.6. The Balaban J connectivity index is 0.000000325. The molecule has 0 aliphatic carbocycles. The molecule has 2 heterocycles. The molecule has 0 aromatic heterocycles. The second-order valence-corrected chi connectivity index (χ2v) is 15.2. The lowest BCUT2D eigenvalue weighted by molar-refractivity contribution is -0.141. The number of nitrogens with one attached hydrogen (secondary N) is 3. The van der Waals surface area contributed by atoms with Gasteiger partial charge in [0.1, 0.15) is 24.4 Å². The number of nitrogens with zero attached hydrogens (tertiary/aromatic N) is 2. The van der Waals surface area contributed by atoms with Crippen molar-refractivity contribution in [3.63, 3.8) is 0 Å². The van der Waals surface area contributed by atoms with Crippen molar-refractivity contribution in [1.82, 2.24) is 25.8 Å². The summed E-state index contributed by atoms with van der Waals surface area (Å²) in [6.45, 7) is 14.2. The molecular weight excluding hydrogens is 740 g/mol. The van der Waals surface area contributed by atoms with E-state index in [1.807, 2.05) is 81.4 Å². The van der Waals surface area contributed by atoms with Gasteiger partial charge in [-0.1, -0.05) is 60.7 Å². The molecule has 2 aliphatic heterocycles. The van der Waals surface area contributed by atoms with Crippen LogP contribution in [0.3, 0.4) is 0 Å². The second-order valence-electron chi connectivity index (χ2n) is 15.2. The number of hydrogen-bond acceptors (Lipinski definition) is 11. The molecule has 2 fully saturated rings. The summed E-state index contributed by atoms with van der Waals surface area (Å²) in [6.07, 6.45) is -0.683. The zero-order valence-corrected chi connectivity index (χ0v) is 33.9. The number of rotatable bonds is 11. The lowest BCUT2D eigenvalue weighted by atomic mass is 10.1. The van der Waals surface area contributed by atoms with E-state index in [0.29, 0.717) is 52.1 Å². The van der Waals surface area contributed by atoms with Gasteiger partial charge < -0.3 is 55.5 Å². The third-order valence-electron chi connectivity index (χ3n) is 7.93. The number of alkyl carbamates (subject to hydrolysis) is 2. The van der Waals surface area contributed by atoms with Crippen LogP contribution in [0, 0.1) is 11.8 Å². The van der Waals surface area contributed by atoms with Crippen LogP contribution in [0.4, 0.5) is 19.2 Å². The minimum Gasteiger partial charge on any atom is -0.481 e. The number of likely N-dealkylation sites (tertiary alicyclic amines) is 2. The monoisotopic (exact) mass is 800 g/mol. The van der Waals surface area contributed by atoms with Crippen LogP contribution in [0.25, 0.3) is 0 Å². The van der Waals surface area contributed by atoms with Gasteiger partial charge >= 0.3 is 30.3 Å². The van der Waals surface area contributed by atoms with Crippen LogP contribution in [-0.2, 0) is 41.8 Å². The van der Waals surface area contributed by atoms with E-state index in [1.54, 1.807) is 25.7 Å². The lowest BCUT2D eigenvalue weighted by Crippen LogP contribution is -2.40. The highest BCUT2D eigenvalue weighted by Crippen LogP contribution is 2.20. The highest BCUT2D eigenvalue weighted by atomic mass is 16.6. The smallest absolute Gasteiger partial charge is 0.410 e. The SMILES string of the molecule is CC(C)(C)OC(=O)N1CCC(C(=O)NCCNC(=O)OCc2ccccc2)C1.CC(C)(C)OC(=O)N1CCC(C(=O)O)C1.NCCNC(=O)OCc1ccccc1. The Morgan fingerprint density at radius 3 is 1.46 bits per heavy atom. The third kappa shape index (κ3) is 20.8. The summed E-state index contributed by atoms with van der Waals surface area (Å²) >= 11 is 0. The number of carbonyl (C=O) groups is 6. The van der Waals surface area contributed by atoms with Crippen molar-refractivity contribution >= 4 is 36.2 Å². The van der Waals surface area contributed by atoms with Gasteiger partial charge in [0.15, 0.2) is 0 Å². The van der Waals surface area contributed by atoms with Gasteiger partial charge in [-0.15, -0.1) is 0 Å². The lowest BCUT2D eigenvalue weighted by Gasteiger charge is -2.24. The van der Waals surface area contributed by atoms with E-state index < -0.39 is 47.5 Å². The Kier molecular flexibility index (Phi) is 20.1. The molecule has 17 heteroatoms. The number of nitrogens with two attached hydrogens (primary N) is 1. The van der Waals surface area contributed by atoms with E-state index in [1.165, 1.54) is 4.90 Å². The van der Waals surface area contributed by atoms with Gasteiger partial charge in [-0.05, 0) is 65.5 Å². The standard InChI is InChI=1S/C20H29N3O5.C10H14N2O2.C10H17NO4/c1-20(2,3)28-19(26)23-12-9-16(13-23)17(24)21-10-11-22-18(25)27-14-15-7-5-4-6-8-15;11-6-7-12-10(13)14-8-9-4-2-1-3-5-9;1-10(2,3)15-9(14)11-5-4-7(6-11)8(12)13/h4-8,16H,9-14H2,1-3H3,(H,21,24)(H,22,25);1-5H,6-8,11H2,(H,12,13);7H,4-6H2,1-3H3,(H,12,13). The predicted molar refractivity (Wildman–Crippen MR) is 211 cm³/mol. The minimum atomic E-state index is -0.846. The molecule has 0 radical (unpaired) electrons. The first-order valence-corrected chi connectivity index (χ1v) is 18.9. The number of carboxylic acid groups (broad SMARTS) is 1. The average Bonchev–Trinajstić information content (AvgIpc) is 3.86. The first-order valence-electron chi connectivity index (χ1n) is 18.9. The molecule has 17 nitrogen and oxygen atoms in total. The molecule has 2 aromatic carbocycles. The van der Waals surface area contributed by atoms with Crippen molar-refractivity contribution < 1.29 is 52.8 Å². The van der Waals surface area contributed by atoms with Gasteiger partial charge in [0.2, 0.25) is 5.91 Å². The maximum absolute atomic E-state index is 12.2. The number of aliphatic carboxylic acids is 1. The van der Waals surface area contributed by atoms with E-state index in [0.717, 1.165) is 11.1 Å². The Labute approximate surface area is 334 Å². The molecule has 5 amide bonds. The molecular formula is C40H60N6O11. The summed E-state index contributed by atoms with van der Waals surface area (Å²) < 4.78 is 20.5. The van der Waals surface area contributed by atoms with Crippen molar-refractivity contribution in [2.75, 3.05) is 52.4 Å². The number of hydrogen-bond donors (Lipinski definition) is 5. The van der Waals surface area contributed by atoms with Crippen molar-refractivity contribution in [2.45, 2.75) is 78.8 Å². The van der Waals surface area contributed by atoms with E-state index in [-0.39, 0.29) is 38.1 Å². The number of ether oxygens (including phenoxy) is 4. The molecule has 2 aliphatic rings. The fourth-order valence-electron chi connectivity index (χ4n) is 5.14. The number of benzene rings is 2. The van der Waals surface area contributed by atoms with Crippen LogP contribution in [-0.4, -0.2) is 115 Å². The van der Waals surface area contributed by atoms with Gasteiger partial charge in [0, 0.05) is 52.4 Å². The molecule has 57 heavy (non-hydrogen) atoms. The molecule has 2 saturated heterocycles. The van der Waals surface area contributed by atoms with Gasteiger partial charge in [0.05, 0.1) is 11.8 Å². The maximum atomic E-state index is 12.2. The fraction of sp³-hybridized carbons (Fsp3) is 0.550. The molecule has 0 spiro atoms. The first-order chi connectivity index (χ1) is 26.9. The zero-order chi connectivity index (χ0) is 42.4. The van der Waals surface area contributed by atoms with E-state index in [9.17, 15) is 28.8 Å². The van der Waals surface area contributed by atoms with Crippen molar-refractivity contribution in [2.24, 2.45) is 17.6 Å². The Hall–Kier alpha value is -5.58. The van der Waals surface area contributed by atoms with Gasteiger partial charge in [0.25, 0.3) is 0 Å². The summed E-state index contributed by atoms with van der Waals surface area (Å²) in [5, 5.41) is 16.6. The highest BCUT2D eigenvalue weighted by Gasteiger charge is 2.34. The van der Waals surface area contributed by atoms with Crippen LogP contribution in [0.15, 0.2) is 60.7 Å². The quantitative estimate of drug-likeness (QED) is 0.157. The summed E-state index contributed by atoms with van der Waals surface area (Å²) in [5.74, 6) is -1.69. The molecule has 2 aromatic rings. The Morgan fingerprint density at radius 1 is 0.649 bits per heavy atom. The van der Waals surface area contributed by atoms with Crippen LogP contribution >= 0.6 is 0 Å². The van der Waals surface area contributed by atoms with Gasteiger partial charge in [-0.25, -0.2) is 19.2 Å². The average molecular weight is 801 g/mol. The number of carboxylic acids is 1. The largest absolute Gasteiger partial charge is 0.481 e. The van der Waals surface area contributed by atoms with Gasteiger partial charge in [-0.3, -0.25) is 9.59 Å². The predicted octanol–water partition coefficient (Wildman–Crippen LogP) is 4.49. The summed E-state index contributed by atoms with van der Waals surface area (Å²) in [7, 11) is 0. The van der Waals surface area contributed by atoms with E-state index >= 15 is 0 Å². The molecule has 6 N–H and O–H groups in total. The second kappa shape index (κ2) is 24.1. The summed E-state index contributed by atoms with van der Waals surface area (Å²) in [6, 6.07) is 18.9. The summed E-state index contributed by atoms with van der Waals surface area (Å²) in [4.78, 5) is 72.1. The van der Waals surface area contributed by atoms with Crippen LogP contribution in [0.1, 0.15) is 65.5 Å². The summed E-state index contributed by atoms with van der Waals surface area (Å²) in [5.41, 5.74) is 6.00. The third-order valence-corrected chi connectivity index (χ3v) is 7.93. The van der Waals surface area contributed by atoms with Crippen LogP contribution in [0.5, 0.6) is 0 Å². The van der Waals surface area contributed by atoms with Crippen molar-refractivity contribution in [3.05, 3.63) is 71.8 Å². The zero-order valence-electron chi connectivity index (χ0n) is 33.9. The highest BCUT2D eigenvalue weighted by molar-refractivity contribution is 5.80. The Morgan fingerprint density at radius 2 is 1.05 bits per heavy atom. The van der Waals surface area contributed by atoms with Gasteiger partial charge in [-0.2, -0.15) is 0 Å². The Bertz CT molecular complexity index is 1570. The number of carbonyl (C=O) groups excluding carboxylic acids is 5. The molecule has 0 bridgehead atoms. The maximum Gasteiger partial charge on any atom is 0.410 e.